The standard InChI is InChI=1S/C14H17FN2O3/c1-8(7-20-2)16-14(19)11-6-13(18)17-12-5-9(15)3-4-10(11)12/h3-5,8,11H,6-7H2,1-2H3,(H,16,19)(H,17,18)/t8-,11+/m0/s1. The third-order valence-corrected chi connectivity index (χ3v) is 3.18. The van der Waals surface area contributed by atoms with Gasteiger partial charge in [-0.3, -0.25) is 9.59 Å². The van der Waals surface area contributed by atoms with E-state index in [1.807, 2.05) is 6.92 Å². The zero-order valence-corrected chi connectivity index (χ0v) is 11.4. The Morgan fingerprint density at radius 2 is 2.35 bits per heavy atom. The van der Waals surface area contributed by atoms with E-state index in [1.165, 1.54) is 18.2 Å². The SMILES string of the molecule is COC[C@H](C)NC(=O)[C@@H]1CC(=O)Nc2cc(F)ccc21. The van der Waals surface area contributed by atoms with Gasteiger partial charge in [-0.25, -0.2) is 4.39 Å². The Bertz CT molecular complexity index is 533. The van der Waals surface area contributed by atoms with Gasteiger partial charge in [-0.1, -0.05) is 6.07 Å². The van der Waals surface area contributed by atoms with Gasteiger partial charge in [0.1, 0.15) is 5.82 Å². The molecule has 0 radical (unpaired) electrons. The van der Waals surface area contributed by atoms with Crippen molar-refractivity contribution in [2.24, 2.45) is 0 Å². The summed E-state index contributed by atoms with van der Waals surface area (Å²) in [5.74, 6) is -1.59. The van der Waals surface area contributed by atoms with Crippen LogP contribution >= 0.6 is 0 Å². The number of carbonyl (C=O) groups is 2. The topological polar surface area (TPSA) is 67.4 Å². The van der Waals surface area contributed by atoms with Crippen molar-refractivity contribution >= 4 is 17.5 Å². The molecule has 1 aromatic rings. The number of benzene rings is 1. The van der Waals surface area contributed by atoms with Crippen molar-refractivity contribution < 1.29 is 18.7 Å². The summed E-state index contributed by atoms with van der Waals surface area (Å²) in [6, 6.07) is 3.90. The number of hydrogen-bond acceptors (Lipinski definition) is 3. The van der Waals surface area contributed by atoms with Crippen LogP contribution in [-0.4, -0.2) is 31.6 Å². The van der Waals surface area contributed by atoms with Gasteiger partial charge in [0.05, 0.1) is 12.5 Å². The van der Waals surface area contributed by atoms with Crippen LogP contribution in [-0.2, 0) is 14.3 Å². The minimum absolute atomic E-state index is 0.0597. The van der Waals surface area contributed by atoms with Crippen LogP contribution in [0, 0.1) is 5.82 Å². The lowest BCUT2D eigenvalue weighted by atomic mass is 9.89. The smallest absolute Gasteiger partial charge is 0.228 e. The van der Waals surface area contributed by atoms with E-state index >= 15 is 0 Å². The van der Waals surface area contributed by atoms with Crippen molar-refractivity contribution in [3.63, 3.8) is 0 Å². The van der Waals surface area contributed by atoms with Crippen LogP contribution in [0.15, 0.2) is 18.2 Å². The monoisotopic (exact) mass is 280 g/mol. The van der Waals surface area contributed by atoms with Gasteiger partial charge in [-0.15, -0.1) is 0 Å². The molecule has 1 aliphatic heterocycles. The van der Waals surface area contributed by atoms with Crippen LogP contribution < -0.4 is 10.6 Å². The zero-order valence-electron chi connectivity index (χ0n) is 11.4. The van der Waals surface area contributed by atoms with E-state index in [2.05, 4.69) is 10.6 Å². The van der Waals surface area contributed by atoms with E-state index in [0.29, 0.717) is 17.9 Å². The highest BCUT2D eigenvalue weighted by Gasteiger charge is 2.31. The molecule has 6 heteroatoms. The average Bonchev–Trinajstić information content (AvgIpc) is 2.37. The molecule has 2 rings (SSSR count). The molecule has 2 atom stereocenters. The molecule has 0 saturated carbocycles. The number of anilines is 1. The zero-order chi connectivity index (χ0) is 14.7. The molecule has 2 amide bonds. The number of methoxy groups -OCH3 is 1. The van der Waals surface area contributed by atoms with Crippen molar-refractivity contribution in [1.29, 1.82) is 0 Å². The van der Waals surface area contributed by atoms with Crippen molar-refractivity contribution in [1.82, 2.24) is 5.32 Å². The van der Waals surface area contributed by atoms with Gasteiger partial charge < -0.3 is 15.4 Å². The molecule has 0 aromatic heterocycles. The van der Waals surface area contributed by atoms with Gasteiger partial charge in [-0.2, -0.15) is 0 Å². The summed E-state index contributed by atoms with van der Waals surface area (Å²) in [5.41, 5.74) is 0.994. The lowest BCUT2D eigenvalue weighted by Gasteiger charge is -2.26. The molecule has 1 heterocycles. The average molecular weight is 280 g/mol. The third-order valence-electron chi connectivity index (χ3n) is 3.18. The largest absolute Gasteiger partial charge is 0.383 e. The fraction of sp³-hybridized carbons (Fsp3) is 0.429. The van der Waals surface area contributed by atoms with E-state index in [9.17, 15) is 14.0 Å². The van der Waals surface area contributed by atoms with E-state index in [1.54, 1.807) is 7.11 Å². The second kappa shape index (κ2) is 6.00. The van der Waals surface area contributed by atoms with Gasteiger partial charge >= 0.3 is 0 Å². The Balaban J connectivity index is 2.20. The Hall–Kier alpha value is -1.95. The molecule has 0 spiro atoms. The normalized spacial score (nSPS) is 18.9. The predicted octanol–water partition coefficient (Wildman–Crippen LogP) is 1.40. The fourth-order valence-electron chi connectivity index (χ4n) is 2.31. The van der Waals surface area contributed by atoms with Crippen molar-refractivity contribution in [3.05, 3.63) is 29.6 Å². The van der Waals surface area contributed by atoms with Crippen LogP contribution in [0.25, 0.3) is 0 Å². The van der Waals surface area contributed by atoms with E-state index < -0.39 is 11.7 Å². The summed E-state index contributed by atoms with van der Waals surface area (Å²) in [7, 11) is 1.55. The van der Waals surface area contributed by atoms with Crippen molar-refractivity contribution in [2.75, 3.05) is 19.0 Å². The van der Waals surface area contributed by atoms with E-state index in [4.69, 9.17) is 4.74 Å². The molecule has 20 heavy (non-hydrogen) atoms. The number of nitrogens with one attached hydrogen (secondary N) is 2. The Labute approximate surface area is 116 Å². The molecule has 0 bridgehead atoms. The second-order valence-electron chi connectivity index (χ2n) is 4.90. The summed E-state index contributed by atoms with van der Waals surface area (Å²) in [6.45, 7) is 2.21. The van der Waals surface area contributed by atoms with Gasteiger partial charge in [0.2, 0.25) is 11.8 Å². The molecular formula is C14H17FN2O3. The summed E-state index contributed by atoms with van der Waals surface area (Å²) >= 11 is 0. The first kappa shape index (κ1) is 14.5. The Morgan fingerprint density at radius 1 is 1.60 bits per heavy atom. The molecule has 0 fully saturated rings. The van der Waals surface area contributed by atoms with Gasteiger partial charge in [0.25, 0.3) is 0 Å². The summed E-state index contributed by atoms with van der Waals surface area (Å²) in [5, 5.41) is 5.37. The number of hydrogen-bond donors (Lipinski definition) is 2. The van der Waals surface area contributed by atoms with Crippen LogP contribution in [0.2, 0.25) is 0 Å². The highest BCUT2D eigenvalue weighted by atomic mass is 19.1. The molecule has 1 aromatic carbocycles. The minimum Gasteiger partial charge on any atom is -0.383 e. The molecule has 0 saturated heterocycles. The maximum absolute atomic E-state index is 13.2. The Morgan fingerprint density at radius 3 is 3.05 bits per heavy atom. The lowest BCUT2D eigenvalue weighted by molar-refractivity contribution is -0.127. The van der Waals surface area contributed by atoms with Crippen LogP contribution in [0.5, 0.6) is 0 Å². The number of ether oxygens (including phenoxy) is 1. The number of halogens is 1. The van der Waals surface area contributed by atoms with Crippen LogP contribution in [0.3, 0.4) is 0 Å². The van der Waals surface area contributed by atoms with Crippen molar-refractivity contribution in [3.8, 4) is 0 Å². The van der Waals surface area contributed by atoms with Crippen LogP contribution in [0.1, 0.15) is 24.8 Å². The summed E-state index contributed by atoms with van der Waals surface area (Å²) in [4.78, 5) is 23.9. The summed E-state index contributed by atoms with van der Waals surface area (Å²) in [6.07, 6.45) is 0.0597. The first-order valence-corrected chi connectivity index (χ1v) is 6.40. The molecule has 108 valence electrons. The Kier molecular flexibility index (Phi) is 4.34. The summed E-state index contributed by atoms with van der Waals surface area (Å²) < 4.78 is 18.1. The van der Waals surface area contributed by atoms with Crippen LogP contribution in [0.4, 0.5) is 10.1 Å². The third kappa shape index (κ3) is 3.14. The second-order valence-corrected chi connectivity index (χ2v) is 4.90. The number of rotatable bonds is 4. The number of carbonyl (C=O) groups excluding carboxylic acids is 2. The molecule has 1 aliphatic rings. The van der Waals surface area contributed by atoms with Gasteiger partial charge in [0.15, 0.2) is 0 Å². The maximum Gasteiger partial charge on any atom is 0.228 e. The fourth-order valence-corrected chi connectivity index (χ4v) is 2.31. The minimum atomic E-state index is -0.598. The predicted molar refractivity (Wildman–Crippen MR) is 71.9 cm³/mol. The molecule has 5 nitrogen and oxygen atoms in total. The molecule has 2 N–H and O–H groups in total. The number of fused-ring (bicyclic) bond motifs is 1. The highest BCUT2D eigenvalue weighted by molar-refractivity contribution is 6.01. The highest BCUT2D eigenvalue weighted by Crippen LogP contribution is 2.32. The lowest BCUT2D eigenvalue weighted by Crippen LogP contribution is -2.41. The van der Waals surface area contributed by atoms with Gasteiger partial charge in [-0.05, 0) is 24.6 Å². The quantitative estimate of drug-likeness (QED) is 0.876. The first-order valence-electron chi connectivity index (χ1n) is 6.40. The first-order chi connectivity index (χ1) is 9.51. The van der Waals surface area contributed by atoms with E-state index in [-0.39, 0.29) is 24.3 Å². The number of amides is 2. The van der Waals surface area contributed by atoms with E-state index in [0.717, 1.165) is 0 Å². The van der Waals surface area contributed by atoms with Gasteiger partial charge in [0, 0.05) is 25.3 Å². The molecular weight excluding hydrogens is 263 g/mol. The molecule has 0 aliphatic carbocycles. The molecule has 0 unspecified atom stereocenters. The maximum atomic E-state index is 13.2. The van der Waals surface area contributed by atoms with Crippen molar-refractivity contribution in [2.45, 2.75) is 25.3 Å².